The Morgan fingerprint density at radius 1 is 0.260 bits per heavy atom. The molecule has 0 spiro atoms. The molecule has 0 saturated heterocycles. The molecule has 11 aromatic rings. The summed E-state index contributed by atoms with van der Waals surface area (Å²) < 4.78 is 13.1. The maximum atomic E-state index is 6.71. The van der Waals surface area contributed by atoms with E-state index < -0.39 is 0 Å². The van der Waals surface area contributed by atoms with Crippen LogP contribution < -0.4 is 0 Å². The fourth-order valence-electron chi connectivity index (χ4n) is 8.25. The van der Waals surface area contributed by atoms with Crippen LogP contribution in [-0.2, 0) is 0 Å². The molecule has 2 nitrogen and oxygen atoms in total. The number of para-hydroxylation sites is 1. The van der Waals surface area contributed by atoms with Gasteiger partial charge in [0.2, 0.25) is 0 Å². The van der Waals surface area contributed by atoms with Gasteiger partial charge in [-0.1, -0.05) is 146 Å². The molecule has 0 aliphatic rings. The fraction of sp³-hybridized carbons (Fsp3) is 0. The van der Waals surface area contributed by atoms with Crippen molar-refractivity contribution in [3.63, 3.8) is 0 Å². The molecule has 0 bridgehead atoms. The number of furan rings is 2. The van der Waals surface area contributed by atoms with Crippen LogP contribution >= 0.6 is 0 Å². The molecule has 2 aromatic heterocycles. The van der Waals surface area contributed by atoms with Crippen LogP contribution in [0.1, 0.15) is 0 Å². The molecule has 11 rings (SSSR count). The fourth-order valence-corrected chi connectivity index (χ4v) is 8.25. The Kier molecular flexibility index (Phi) is 5.70. The molecule has 50 heavy (non-hydrogen) atoms. The number of hydrogen-bond donors (Lipinski definition) is 0. The van der Waals surface area contributed by atoms with Crippen LogP contribution in [0.4, 0.5) is 0 Å². The first-order valence-corrected chi connectivity index (χ1v) is 17.1. The van der Waals surface area contributed by atoms with E-state index >= 15 is 0 Å². The van der Waals surface area contributed by atoms with Gasteiger partial charge >= 0.3 is 0 Å². The summed E-state index contributed by atoms with van der Waals surface area (Å²) in [5, 5.41) is 11.6. The molecule has 0 N–H and O–H groups in total. The van der Waals surface area contributed by atoms with Crippen LogP contribution in [0.3, 0.4) is 0 Å². The summed E-state index contributed by atoms with van der Waals surface area (Å²) in [6.07, 6.45) is 0. The zero-order chi connectivity index (χ0) is 32.8. The number of benzene rings is 9. The van der Waals surface area contributed by atoms with Gasteiger partial charge in [0.25, 0.3) is 0 Å². The molecule has 2 heteroatoms. The lowest BCUT2D eigenvalue weighted by atomic mass is 9.85. The second-order valence-electron chi connectivity index (χ2n) is 13.2. The van der Waals surface area contributed by atoms with Crippen molar-refractivity contribution in [2.75, 3.05) is 0 Å². The summed E-state index contributed by atoms with van der Waals surface area (Å²) in [6.45, 7) is 0. The molecule has 0 unspecified atom stereocenters. The van der Waals surface area contributed by atoms with Crippen molar-refractivity contribution in [1.82, 2.24) is 0 Å². The zero-order valence-corrected chi connectivity index (χ0v) is 27.0. The topological polar surface area (TPSA) is 26.3 Å². The van der Waals surface area contributed by atoms with Crippen LogP contribution in [0.2, 0.25) is 0 Å². The highest BCUT2D eigenvalue weighted by atomic mass is 16.4. The molecule has 0 fully saturated rings. The van der Waals surface area contributed by atoms with Crippen molar-refractivity contribution in [1.29, 1.82) is 0 Å². The summed E-state index contributed by atoms with van der Waals surface area (Å²) in [5.41, 5.74) is 10.7. The van der Waals surface area contributed by atoms with E-state index in [0.29, 0.717) is 0 Å². The Bertz CT molecular complexity index is 3070. The van der Waals surface area contributed by atoms with Crippen molar-refractivity contribution in [3.8, 4) is 33.4 Å². The monoisotopic (exact) mass is 636 g/mol. The highest BCUT2D eigenvalue weighted by Gasteiger charge is 2.20. The van der Waals surface area contributed by atoms with Gasteiger partial charge in [0.1, 0.15) is 11.2 Å². The predicted octanol–water partition coefficient (Wildman–Crippen LogP) is 13.9. The standard InChI is InChI=1S/C48H28O2/c1-2-12-30(13-3-1)44-34-16-5-7-18-36(34)45(37-19-8-6-17-35(37)44)31-24-22-29(23-25-31)41-28-42-40-27-26-39-33-15-10-11-21-43(33)49-47(39)48(40)50-46(42)38-20-9-4-14-32(38)41/h1-28H. The lowest BCUT2D eigenvalue weighted by molar-refractivity contribution is 0.635. The number of rotatable bonds is 3. The smallest absolute Gasteiger partial charge is 0.178 e. The Morgan fingerprint density at radius 2 is 0.700 bits per heavy atom. The Morgan fingerprint density at radius 3 is 1.34 bits per heavy atom. The Hall–Kier alpha value is -6.64. The zero-order valence-electron chi connectivity index (χ0n) is 27.0. The molecular formula is C48H28O2. The lowest BCUT2D eigenvalue weighted by Gasteiger charge is -2.18. The lowest BCUT2D eigenvalue weighted by Crippen LogP contribution is -1.91. The highest BCUT2D eigenvalue weighted by Crippen LogP contribution is 2.46. The second-order valence-corrected chi connectivity index (χ2v) is 13.2. The number of hydrogen-bond acceptors (Lipinski definition) is 2. The highest BCUT2D eigenvalue weighted by molar-refractivity contribution is 6.25. The molecule has 0 aliphatic heterocycles. The molecule has 232 valence electrons. The third kappa shape index (κ3) is 3.85. The van der Waals surface area contributed by atoms with Crippen molar-refractivity contribution < 1.29 is 8.83 Å². The maximum Gasteiger partial charge on any atom is 0.178 e. The van der Waals surface area contributed by atoms with Crippen LogP contribution in [0, 0.1) is 0 Å². The third-order valence-electron chi connectivity index (χ3n) is 10.5. The maximum absolute atomic E-state index is 6.71. The van der Waals surface area contributed by atoms with E-state index in [9.17, 15) is 0 Å². The SMILES string of the molecule is c1ccc(-c2c3ccccc3c(-c3ccc(-c4cc5c6ccc7c8ccccc8oc7c6oc5c5ccccc45)cc3)c3ccccc23)cc1. The van der Waals surface area contributed by atoms with E-state index in [1.54, 1.807) is 0 Å². The van der Waals surface area contributed by atoms with Crippen molar-refractivity contribution >= 4 is 76.2 Å². The Labute approximate surface area is 287 Å². The summed E-state index contributed by atoms with van der Waals surface area (Å²) in [6, 6.07) is 60.9. The van der Waals surface area contributed by atoms with Crippen LogP contribution in [0.25, 0.3) is 110 Å². The quantitative estimate of drug-likeness (QED) is 0.180. The minimum atomic E-state index is 0.795. The molecule has 0 atom stereocenters. The van der Waals surface area contributed by atoms with Gasteiger partial charge in [-0.25, -0.2) is 0 Å². The summed E-state index contributed by atoms with van der Waals surface area (Å²) >= 11 is 0. The molecule has 0 amide bonds. The van der Waals surface area contributed by atoms with Crippen LogP contribution in [-0.4, -0.2) is 0 Å². The molecule has 2 heterocycles. The molecule has 0 saturated carbocycles. The molecule has 9 aromatic carbocycles. The largest absolute Gasteiger partial charge is 0.452 e. The first-order chi connectivity index (χ1) is 24.8. The van der Waals surface area contributed by atoms with Gasteiger partial charge in [0, 0.05) is 26.9 Å². The minimum absolute atomic E-state index is 0.795. The van der Waals surface area contributed by atoms with E-state index in [4.69, 9.17) is 8.83 Å². The van der Waals surface area contributed by atoms with Crippen molar-refractivity contribution in [2.24, 2.45) is 0 Å². The van der Waals surface area contributed by atoms with E-state index in [1.807, 2.05) is 12.1 Å². The second kappa shape index (κ2) is 10.4. The molecule has 0 radical (unpaired) electrons. The van der Waals surface area contributed by atoms with Crippen molar-refractivity contribution in [3.05, 3.63) is 170 Å². The minimum Gasteiger partial charge on any atom is -0.452 e. The first-order valence-electron chi connectivity index (χ1n) is 17.1. The van der Waals surface area contributed by atoms with E-state index in [0.717, 1.165) is 54.6 Å². The van der Waals surface area contributed by atoms with Gasteiger partial charge in [0.15, 0.2) is 11.2 Å². The normalized spacial score (nSPS) is 12.0. The van der Waals surface area contributed by atoms with Gasteiger partial charge in [-0.05, 0) is 84.6 Å². The van der Waals surface area contributed by atoms with Crippen LogP contribution in [0.5, 0.6) is 0 Å². The van der Waals surface area contributed by atoms with Gasteiger partial charge in [-0.2, -0.15) is 0 Å². The Balaban J connectivity index is 1.12. The van der Waals surface area contributed by atoms with Crippen molar-refractivity contribution in [2.45, 2.75) is 0 Å². The summed E-state index contributed by atoms with van der Waals surface area (Å²) in [7, 11) is 0. The third-order valence-corrected chi connectivity index (χ3v) is 10.5. The first kappa shape index (κ1) is 27.3. The average Bonchev–Trinajstić information content (AvgIpc) is 3.76. The van der Waals surface area contributed by atoms with Gasteiger partial charge in [-0.3, -0.25) is 0 Å². The van der Waals surface area contributed by atoms with E-state index in [1.165, 1.54) is 54.9 Å². The van der Waals surface area contributed by atoms with Gasteiger partial charge < -0.3 is 8.83 Å². The van der Waals surface area contributed by atoms with Gasteiger partial charge in [0.05, 0.1) is 0 Å². The predicted molar refractivity (Wildman–Crippen MR) is 210 cm³/mol. The average molecular weight is 637 g/mol. The molecular weight excluding hydrogens is 609 g/mol. The summed E-state index contributed by atoms with van der Waals surface area (Å²) in [4.78, 5) is 0. The van der Waals surface area contributed by atoms with Gasteiger partial charge in [-0.15, -0.1) is 0 Å². The molecule has 0 aliphatic carbocycles. The van der Waals surface area contributed by atoms with Crippen LogP contribution in [0.15, 0.2) is 179 Å². The van der Waals surface area contributed by atoms with E-state index in [2.05, 4.69) is 158 Å². The van der Waals surface area contributed by atoms with E-state index in [-0.39, 0.29) is 0 Å². The number of fused-ring (bicyclic) bond motifs is 11. The summed E-state index contributed by atoms with van der Waals surface area (Å²) in [5.74, 6) is 0.